The molecule has 22 heavy (non-hydrogen) atoms. The zero-order chi connectivity index (χ0) is 15.7. The first kappa shape index (κ1) is 15.5. The quantitative estimate of drug-likeness (QED) is 0.903. The number of carbonyl (C=O) groups is 1. The molecule has 1 saturated heterocycles. The van der Waals surface area contributed by atoms with Crippen LogP contribution in [0.15, 0.2) is 0 Å². The molecule has 1 aliphatic carbocycles. The van der Waals surface area contributed by atoms with E-state index in [0.29, 0.717) is 11.8 Å². The van der Waals surface area contributed by atoms with Crippen molar-refractivity contribution in [2.24, 2.45) is 11.8 Å². The van der Waals surface area contributed by atoms with Crippen LogP contribution in [0.4, 0.5) is 23.1 Å². The number of nitrogens with one attached hydrogen (secondary N) is 1. The number of rotatable bonds is 2. The highest BCUT2D eigenvalue weighted by Crippen LogP contribution is 2.36. The predicted octanol–water partition coefficient (Wildman–Crippen LogP) is 3.30. The highest BCUT2D eigenvalue weighted by Gasteiger charge is 2.36. The Morgan fingerprint density at radius 2 is 1.86 bits per heavy atom. The normalized spacial score (nSPS) is 25.1. The number of nitrogens with zero attached hydrogens (tertiary/aromatic N) is 3. The van der Waals surface area contributed by atoms with Gasteiger partial charge in [-0.15, -0.1) is 10.2 Å². The summed E-state index contributed by atoms with van der Waals surface area (Å²) in [4.78, 5) is 13.9. The van der Waals surface area contributed by atoms with Crippen LogP contribution in [0.2, 0.25) is 0 Å². The van der Waals surface area contributed by atoms with Crippen LogP contribution in [0.3, 0.4) is 0 Å². The minimum Gasteiger partial charge on any atom is -0.324 e. The van der Waals surface area contributed by atoms with Gasteiger partial charge in [0.25, 0.3) is 0 Å². The van der Waals surface area contributed by atoms with Crippen molar-refractivity contribution in [1.29, 1.82) is 0 Å². The van der Waals surface area contributed by atoms with Crippen molar-refractivity contribution >= 4 is 22.5 Å². The largest absolute Gasteiger partial charge is 0.395 e. The van der Waals surface area contributed by atoms with Crippen LogP contribution >= 0.6 is 11.3 Å². The number of aromatic nitrogens is 2. The second-order valence-electron chi connectivity index (χ2n) is 5.93. The molecule has 2 unspecified atom stereocenters. The molecule has 1 aromatic rings. The van der Waals surface area contributed by atoms with Crippen LogP contribution < -0.4 is 5.32 Å². The van der Waals surface area contributed by atoms with E-state index in [9.17, 15) is 18.0 Å². The lowest BCUT2D eigenvalue weighted by Gasteiger charge is -2.22. The van der Waals surface area contributed by atoms with E-state index in [0.717, 1.165) is 37.3 Å². The highest BCUT2D eigenvalue weighted by molar-refractivity contribution is 7.15. The van der Waals surface area contributed by atoms with Gasteiger partial charge in [0.15, 0.2) is 0 Å². The van der Waals surface area contributed by atoms with Crippen molar-refractivity contribution in [2.75, 3.05) is 18.4 Å². The van der Waals surface area contributed by atoms with Gasteiger partial charge in [-0.25, -0.2) is 4.79 Å². The first-order valence-corrected chi connectivity index (χ1v) is 8.17. The van der Waals surface area contributed by atoms with Crippen LogP contribution in [0.1, 0.15) is 30.7 Å². The molecular weight excluding hydrogens is 317 g/mol. The maximum atomic E-state index is 12.3. The number of carbonyl (C=O) groups excluding carboxylic acids is 1. The smallest absolute Gasteiger partial charge is 0.324 e. The van der Waals surface area contributed by atoms with Crippen molar-refractivity contribution in [1.82, 2.24) is 15.1 Å². The molecule has 1 saturated carbocycles. The third-order valence-electron chi connectivity index (χ3n) is 4.30. The number of urea groups is 1. The molecule has 1 N–H and O–H groups in total. The Morgan fingerprint density at radius 1 is 1.23 bits per heavy atom. The minimum atomic E-state index is -4.31. The van der Waals surface area contributed by atoms with Crippen LogP contribution in [0.25, 0.3) is 0 Å². The second-order valence-corrected chi connectivity index (χ2v) is 6.99. The Morgan fingerprint density at radius 3 is 2.45 bits per heavy atom. The molecule has 2 aliphatic rings. The summed E-state index contributed by atoms with van der Waals surface area (Å²) in [6.07, 6.45) is -0.687. The SMILES string of the molecule is O=C(Nc1nnc(CC(F)(F)F)s1)N1CC2CCCCC2C1. The molecule has 1 aliphatic heterocycles. The van der Waals surface area contributed by atoms with Crippen LogP contribution in [0.5, 0.6) is 0 Å². The van der Waals surface area contributed by atoms with Gasteiger partial charge in [0.05, 0.1) is 6.42 Å². The Kier molecular flexibility index (Phi) is 4.24. The summed E-state index contributed by atoms with van der Waals surface area (Å²) in [5.74, 6) is 1.13. The van der Waals surface area contributed by atoms with Gasteiger partial charge in [-0.2, -0.15) is 13.2 Å². The molecule has 2 amide bonds. The molecule has 2 atom stereocenters. The summed E-state index contributed by atoms with van der Waals surface area (Å²) in [5, 5.41) is 9.63. The number of amides is 2. The predicted molar refractivity (Wildman–Crippen MR) is 75.7 cm³/mol. The third-order valence-corrected chi connectivity index (χ3v) is 5.13. The van der Waals surface area contributed by atoms with Crippen molar-refractivity contribution < 1.29 is 18.0 Å². The molecule has 0 bridgehead atoms. The highest BCUT2D eigenvalue weighted by atomic mass is 32.1. The first-order chi connectivity index (χ1) is 10.4. The fourth-order valence-electron chi connectivity index (χ4n) is 3.29. The van der Waals surface area contributed by atoms with Gasteiger partial charge in [0.2, 0.25) is 5.13 Å². The van der Waals surface area contributed by atoms with Crippen LogP contribution in [0, 0.1) is 11.8 Å². The standard InChI is InChI=1S/C13H17F3N4OS/c14-13(15,16)5-10-18-19-11(22-10)17-12(21)20-6-8-3-1-2-4-9(8)7-20/h8-9H,1-7H2,(H,17,19,21). The molecule has 2 fully saturated rings. The van der Waals surface area contributed by atoms with Crippen LogP contribution in [-0.2, 0) is 6.42 Å². The monoisotopic (exact) mass is 334 g/mol. The molecule has 0 aromatic carbocycles. The third kappa shape index (κ3) is 3.68. The fourth-order valence-corrected chi connectivity index (χ4v) is 4.05. The van der Waals surface area contributed by atoms with E-state index in [1.807, 2.05) is 0 Å². The second kappa shape index (κ2) is 6.02. The van der Waals surface area contributed by atoms with E-state index < -0.39 is 12.6 Å². The molecule has 0 radical (unpaired) electrons. The summed E-state index contributed by atoms with van der Waals surface area (Å²) in [7, 11) is 0. The average molecular weight is 334 g/mol. The van der Waals surface area contributed by atoms with E-state index in [4.69, 9.17) is 0 Å². The van der Waals surface area contributed by atoms with Gasteiger partial charge in [-0.3, -0.25) is 5.32 Å². The van der Waals surface area contributed by atoms with Gasteiger partial charge in [0.1, 0.15) is 5.01 Å². The Labute approximate surface area is 129 Å². The van der Waals surface area contributed by atoms with Gasteiger partial charge >= 0.3 is 12.2 Å². The molecule has 9 heteroatoms. The molecule has 3 rings (SSSR count). The molecule has 1 aromatic heterocycles. The molecule has 0 spiro atoms. The summed E-state index contributed by atoms with van der Waals surface area (Å²) in [5.41, 5.74) is 0. The minimum absolute atomic E-state index is 0.124. The Balaban J connectivity index is 1.56. The number of hydrogen-bond donors (Lipinski definition) is 1. The topological polar surface area (TPSA) is 58.1 Å². The maximum absolute atomic E-state index is 12.3. The zero-order valence-electron chi connectivity index (χ0n) is 11.9. The molecule has 2 heterocycles. The molecule has 5 nitrogen and oxygen atoms in total. The lowest BCUT2D eigenvalue weighted by Crippen LogP contribution is -2.33. The number of alkyl halides is 3. The number of anilines is 1. The van der Waals surface area contributed by atoms with Gasteiger partial charge in [-0.05, 0) is 24.7 Å². The summed E-state index contributed by atoms with van der Waals surface area (Å²) in [6.45, 7) is 1.45. The first-order valence-electron chi connectivity index (χ1n) is 7.36. The molecule has 122 valence electrons. The van der Waals surface area contributed by atoms with Crippen molar-refractivity contribution in [3.05, 3.63) is 5.01 Å². The number of likely N-dealkylation sites (tertiary alicyclic amines) is 1. The van der Waals surface area contributed by atoms with Gasteiger partial charge < -0.3 is 4.90 Å². The Bertz CT molecular complexity index is 534. The van der Waals surface area contributed by atoms with Gasteiger partial charge in [-0.1, -0.05) is 24.2 Å². The van der Waals surface area contributed by atoms with Crippen LogP contribution in [-0.4, -0.2) is 40.4 Å². The van der Waals surface area contributed by atoms with E-state index in [1.54, 1.807) is 4.90 Å². The molecular formula is C13H17F3N4OS. The van der Waals surface area contributed by atoms with E-state index in [-0.39, 0.29) is 16.2 Å². The summed E-state index contributed by atoms with van der Waals surface area (Å²) in [6, 6.07) is -0.288. The van der Waals surface area contributed by atoms with E-state index in [2.05, 4.69) is 15.5 Å². The number of hydrogen-bond acceptors (Lipinski definition) is 4. The van der Waals surface area contributed by atoms with E-state index >= 15 is 0 Å². The average Bonchev–Trinajstić information content (AvgIpc) is 3.03. The van der Waals surface area contributed by atoms with Crippen molar-refractivity contribution in [3.63, 3.8) is 0 Å². The summed E-state index contributed by atoms with van der Waals surface area (Å²) >= 11 is 0.771. The number of halogens is 3. The lowest BCUT2D eigenvalue weighted by atomic mass is 9.82. The zero-order valence-corrected chi connectivity index (χ0v) is 12.7. The van der Waals surface area contributed by atoms with Crippen molar-refractivity contribution in [3.8, 4) is 0 Å². The Hall–Kier alpha value is -1.38. The van der Waals surface area contributed by atoms with Gasteiger partial charge in [0, 0.05) is 13.1 Å². The number of fused-ring (bicyclic) bond motifs is 1. The lowest BCUT2D eigenvalue weighted by molar-refractivity contribution is -0.127. The maximum Gasteiger partial charge on any atom is 0.395 e. The summed E-state index contributed by atoms with van der Waals surface area (Å²) < 4.78 is 36.8. The van der Waals surface area contributed by atoms with Crippen molar-refractivity contribution in [2.45, 2.75) is 38.3 Å². The van der Waals surface area contributed by atoms with E-state index in [1.165, 1.54) is 12.8 Å². The fraction of sp³-hybridized carbons (Fsp3) is 0.769.